The molecule has 4 nitrogen and oxygen atoms in total. The highest BCUT2D eigenvalue weighted by Gasteiger charge is 2.25. The van der Waals surface area contributed by atoms with Crippen LogP contribution in [0.15, 0.2) is 24.3 Å². The molecule has 0 saturated heterocycles. The number of hydrogen-bond acceptors (Lipinski definition) is 3. The van der Waals surface area contributed by atoms with Crippen molar-refractivity contribution >= 4 is 0 Å². The van der Waals surface area contributed by atoms with E-state index in [1.165, 1.54) is 18.4 Å². The van der Waals surface area contributed by atoms with Crippen LogP contribution in [0.5, 0.6) is 0 Å². The summed E-state index contributed by atoms with van der Waals surface area (Å²) < 4.78 is 1.84. The lowest BCUT2D eigenvalue weighted by molar-refractivity contribution is 0.273. The van der Waals surface area contributed by atoms with Gasteiger partial charge >= 0.3 is 0 Å². The highest BCUT2D eigenvalue weighted by atomic mass is 16.3. The highest BCUT2D eigenvalue weighted by molar-refractivity contribution is 5.37. The monoisotopic (exact) mass is 287 g/mol. The third-order valence-corrected chi connectivity index (χ3v) is 3.60. The molecule has 1 aromatic carbocycles. The summed E-state index contributed by atoms with van der Waals surface area (Å²) in [4.78, 5) is 0. The van der Waals surface area contributed by atoms with Gasteiger partial charge in [0.15, 0.2) is 0 Å². The zero-order valence-corrected chi connectivity index (χ0v) is 13.4. The lowest BCUT2D eigenvalue weighted by Crippen LogP contribution is -2.19. The van der Waals surface area contributed by atoms with E-state index >= 15 is 0 Å². The van der Waals surface area contributed by atoms with Gasteiger partial charge in [-0.3, -0.25) is 0 Å². The number of rotatable bonds is 5. The van der Waals surface area contributed by atoms with Gasteiger partial charge in [-0.2, -0.15) is 0 Å². The molecule has 0 aliphatic heterocycles. The van der Waals surface area contributed by atoms with Gasteiger partial charge in [0.25, 0.3) is 0 Å². The highest BCUT2D eigenvalue weighted by Crippen LogP contribution is 2.27. The standard InChI is InChI=1S/C17H25N3O/c1-5-6-7-13-8-10-14(11-9-13)20-16(17(2,3)4)15(12-21)18-19-20/h8-11,21H,5-7,12H2,1-4H3. The van der Waals surface area contributed by atoms with Gasteiger partial charge in [-0.25, -0.2) is 4.68 Å². The van der Waals surface area contributed by atoms with Gasteiger partial charge in [-0.1, -0.05) is 51.5 Å². The zero-order chi connectivity index (χ0) is 15.5. The van der Waals surface area contributed by atoms with Crippen molar-refractivity contribution in [3.8, 4) is 5.69 Å². The van der Waals surface area contributed by atoms with Crippen molar-refractivity contribution in [3.05, 3.63) is 41.2 Å². The molecule has 2 aromatic rings. The lowest BCUT2D eigenvalue weighted by Gasteiger charge is -2.21. The molecule has 0 radical (unpaired) electrons. The van der Waals surface area contributed by atoms with E-state index < -0.39 is 0 Å². The molecule has 0 saturated carbocycles. The van der Waals surface area contributed by atoms with Crippen LogP contribution in [0.1, 0.15) is 57.5 Å². The summed E-state index contributed by atoms with van der Waals surface area (Å²) in [6.45, 7) is 8.45. The first-order chi connectivity index (χ1) is 9.97. The van der Waals surface area contributed by atoms with Crippen LogP contribution in [-0.2, 0) is 18.4 Å². The van der Waals surface area contributed by atoms with Crippen molar-refractivity contribution < 1.29 is 5.11 Å². The Kier molecular flexibility index (Phi) is 4.78. The molecule has 1 heterocycles. The van der Waals surface area contributed by atoms with Gasteiger partial charge in [0.1, 0.15) is 5.69 Å². The van der Waals surface area contributed by atoms with Crippen molar-refractivity contribution in [2.45, 2.75) is 59.0 Å². The fraction of sp³-hybridized carbons (Fsp3) is 0.529. The van der Waals surface area contributed by atoms with Gasteiger partial charge < -0.3 is 5.11 Å². The summed E-state index contributed by atoms with van der Waals surface area (Å²) in [6.07, 6.45) is 3.53. The van der Waals surface area contributed by atoms with Gasteiger partial charge in [-0.15, -0.1) is 5.10 Å². The summed E-state index contributed by atoms with van der Waals surface area (Å²) in [5, 5.41) is 17.8. The molecule has 114 valence electrons. The summed E-state index contributed by atoms with van der Waals surface area (Å²) >= 11 is 0. The molecular weight excluding hydrogens is 262 g/mol. The molecule has 1 aromatic heterocycles. The molecule has 0 bridgehead atoms. The van der Waals surface area contributed by atoms with Crippen LogP contribution in [0, 0.1) is 0 Å². The Balaban J connectivity index is 2.36. The van der Waals surface area contributed by atoms with Crippen LogP contribution in [0.25, 0.3) is 5.69 Å². The zero-order valence-electron chi connectivity index (χ0n) is 13.4. The summed E-state index contributed by atoms with van der Waals surface area (Å²) in [5.74, 6) is 0. The van der Waals surface area contributed by atoms with Crippen molar-refractivity contribution in [1.29, 1.82) is 0 Å². The molecule has 0 aliphatic carbocycles. The predicted octanol–water partition coefficient (Wildman–Crippen LogP) is 3.40. The molecule has 21 heavy (non-hydrogen) atoms. The fourth-order valence-electron chi connectivity index (χ4n) is 2.54. The Morgan fingerprint density at radius 2 is 1.81 bits per heavy atom. The second-order valence-corrected chi connectivity index (χ2v) is 6.47. The third kappa shape index (κ3) is 3.50. The lowest BCUT2D eigenvalue weighted by atomic mass is 9.90. The maximum absolute atomic E-state index is 9.47. The largest absolute Gasteiger partial charge is 0.390 e. The number of aliphatic hydroxyl groups is 1. The van der Waals surface area contributed by atoms with E-state index in [4.69, 9.17) is 0 Å². The van der Waals surface area contributed by atoms with E-state index in [2.05, 4.69) is 62.3 Å². The summed E-state index contributed by atoms with van der Waals surface area (Å²) in [5.41, 5.74) is 3.83. The van der Waals surface area contributed by atoms with Crippen molar-refractivity contribution in [1.82, 2.24) is 15.0 Å². The normalized spacial score (nSPS) is 11.9. The number of aryl methyl sites for hydroxylation is 1. The summed E-state index contributed by atoms with van der Waals surface area (Å²) in [7, 11) is 0. The number of aliphatic hydroxyl groups excluding tert-OH is 1. The van der Waals surface area contributed by atoms with Crippen LogP contribution >= 0.6 is 0 Å². The quantitative estimate of drug-likeness (QED) is 0.917. The molecule has 0 amide bonds. The van der Waals surface area contributed by atoms with E-state index in [1.807, 2.05) is 4.68 Å². The van der Waals surface area contributed by atoms with Crippen LogP contribution in [0.3, 0.4) is 0 Å². The molecular formula is C17H25N3O. The minimum Gasteiger partial charge on any atom is -0.390 e. The Labute approximate surface area is 126 Å². The van der Waals surface area contributed by atoms with Gasteiger partial charge in [-0.05, 0) is 30.5 Å². The first-order valence-corrected chi connectivity index (χ1v) is 7.62. The van der Waals surface area contributed by atoms with Gasteiger partial charge in [0, 0.05) is 5.41 Å². The molecule has 1 N–H and O–H groups in total. The number of benzene rings is 1. The average molecular weight is 287 g/mol. The maximum atomic E-state index is 9.47. The molecule has 0 spiro atoms. The molecule has 2 rings (SSSR count). The van der Waals surface area contributed by atoms with E-state index in [1.54, 1.807) is 0 Å². The Morgan fingerprint density at radius 1 is 1.14 bits per heavy atom. The van der Waals surface area contributed by atoms with Crippen LogP contribution in [-0.4, -0.2) is 20.1 Å². The van der Waals surface area contributed by atoms with Crippen molar-refractivity contribution in [2.24, 2.45) is 0 Å². The Hall–Kier alpha value is -1.68. The molecule has 0 atom stereocenters. The van der Waals surface area contributed by atoms with Gasteiger partial charge in [0.05, 0.1) is 18.0 Å². The second-order valence-electron chi connectivity index (χ2n) is 6.47. The SMILES string of the molecule is CCCCc1ccc(-n2nnc(CO)c2C(C)(C)C)cc1. The minimum absolute atomic E-state index is 0.0822. The van der Waals surface area contributed by atoms with E-state index in [9.17, 15) is 5.11 Å². The Morgan fingerprint density at radius 3 is 2.33 bits per heavy atom. The number of nitrogens with zero attached hydrogens (tertiary/aromatic N) is 3. The van der Waals surface area contributed by atoms with Crippen molar-refractivity contribution in [2.75, 3.05) is 0 Å². The van der Waals surface area contributed by atoms with Gasteiger partial charge in [0.2, 0.25) is 0 Å². The van der Waals surface area contributed by atoms with E-state index in [0.717, 1.165) is 17.8 Å². The predicted molar refractivity (Wildman–Crippen MR) is 84.6 cm³/mol. The molecule has 0 fully saturated rings. The smallest absolute Gasteiger partial charge is 0.112 e. The topological polar surface area (TPSA) is 50.9 Å². The Bertz CT molecular complexity index is 579. The maximum Gasteiger partial charge on any atom is 0.112 e. The number of aromatic nitrogens is 3. The van der Waals surface area contributed by atoms with Crippen molar-refractivity contribution in [3.63, 3.8) is 0 Å². The molecule has 4 heteroatoms. The van der Waals surface area contributed by atoms with Crippen LogP contribution in [0.2, 0.25) is 0 Å². The number of hydrogen-bond donors (Lipinski definition) is 1. The first kappa shape index (κ1) is 15.7. The van der Waals surface area contributed by atoms with Crippen LogP contribution < -0.4 is 0 Å². The number of unbranched alkanes of at least 4 members (excludes halogenated alkanes) is 1. The summed E-state index contributed by atoms with van der Waals surface area (Å²) in [6, 6.07) is 8.46. The van der Waals surface area contributed by atoms with E-state index in [0.29, 0.717) is 5.69 Å². The second kappa shape index (κ2) is 6.39. The third-order valence-electron chi connectivity index (χ3n) is 3.60. The molecule has 0 aliphatic rings. The molecule has 0 unspecified atom stereocenters. The van der Waals surface area contributed by atoms with E-state index in [-0.39, 0.29) is 12.0 Å². The van der Waals surface area contributed by atoms with Crippen LogP contribution in [0.4, 0.5) is 0 Å². The minimum atomic E-state index is -0.123. The average Bonchev–Trinajstić information content (AvgIpc) is 2.89. The fourth-order valence-corrected chi connectivity index (χ4v) is 2.54. The first-order valence-electron chi connectivity index (χ1n) is 7.62.